The van der Waals surface area contributed by atoms with Gasteiger partial charge in [-0.25, -0.2) is 0 Å². The van der Waals surface area contributed by atoms with Crippen LogP contribution < -0.4 is 5.32 Å². The number of halogens is 3. The highest BCUT2D eigenvalue weighted by molar-refractivity contribution is 5.91. The Morgan fingerprint density at radius 1 is 1.43 bits per heavy atom. The fraction of sp³-hybridized carbons (Fsp3) is 0.333. The summed E-state index contributed by atoms with van der Waals surface area (Å²) in [7, 11) is 0. The Bertz CT molecular complexity index is 707. The molecule has 2 aromatic rings. The first-order chi connectivity index (χ1) is 10.7. The van der Waals surface area contributed by atoms with Gasteiger partial charge in [0, 0.05) is 12.3 Å². The molecule has 0 spiro atoms. The number of ether oxygens (including phenoxy) is 1. The molecule has 2 rings (SSSR count). The Morgan fingerprint density at radius 3 is 2.74 bits per heavy atom. The Balaban J connectivity index is 1.78. The summed E-state index contributed by atoms with van der Waals surface area (Å²) in [5.41, 5.74) is -1.12. The lowest BCUT2D eigenvalue weighted by Crippen LogP contribution is -2.23. The van der Waals surface area contributed by atoms with Crippen molar-refractivity contribution in [3.8, 4) is 0 Å². The van der Waals surface area contributed by atoms with Crippen LogP contribution in [-0.4, -0.2) is 33.4 Å². The Kier molecular flexibility index (Phi) is 4.67. The molecule has 0 atom stereocenters. The lowest BCUT2D eigenvalue weighted by Gasteiger charge is -2.05. The van der Waals surface area contributed by atoms with E-state index in [0.717, 1.165) is 16.9 Å². The largest absolute Gasteiger partial charge is 0.454 e. The van der Waals surface area contributed by atoms with Crippen molar-refractivity contribution in [1.29, 1.82) is 0 Å². The molecule has 0 saturated carbocycles. The van der Waals surface area contributed by atoms with Gasteiger partial charge in [-0.2, -0.15) is 18.3 Å². The van der Waals surface area contributed by atoms with Crippen LogP contribution in [0.1, 0.15) is 11.5 Å². The molecule has 8 nitrogen and oxygen atoms in total. The quantitative estimate of drug-likeness (QED) is 0.831. The molecule has 0 aliphatic carbocycles. The van der Waals surface area contributed by atoms with Crippen LogP contribution >= 0.6 is 0 Å². The van der Waals surface area contributed by atoms with Crippen molar-refractivity contribution >= 4 is 17.7 Å². The number of nitrogens with one attached hydrogen (secondary N) is 1. The van der Waals surface area contributed by atoms with Gasteiger partial charge in [0.2, 0.25) is 0 Å². The monoisotopic (exact) mass is 332 g/mol. The molecule has 0 bridgehead atoms. The molecule has 0 aliphatic rings. The summed E-state index contributed by atoms with van der Waals surface area (Å²) in [6.07, 6.45) is -3.60. The fourth-order valence-electron chi connectivity index (χ4n) is 1.53. The first-order valence-corrected chi connectivity index (χ1v) is 6.23. The van der Waals surface area contributed by atoms with Gasteiger partial charge in [-0.3, -0.25) is 14.3 Å². The van der Waals surface area contributed by atoms with E-state index in [1.807, 2.05) is 0 Å². The number of carbonyl (C=O) groups excluding carboxylic acids is 2. The maximum absolute atomic E-state index is 12.3. The van der Waals surface area contributed by atoms with Gasteiger partial charge in [-0.1, -0.05) is 5.16 Å². The Labute approximate surface area is 127 Å². The van der Waals surface area contributed by atoms with Crippen LogP contribution in [-0.2, 0) is 27.0 Å². The zero-order chi connectivity index (χ0) is 17.0. The molecule has 23 heavy (non-hydrogen) atoms. The average molecular weight is 332 g/mol. The maximum Gasteiger partial charge on any atom is 0.435 e. The van der Waals surface area contributed by atoms with Crippen LogP contribution in [0.3, 0.4) is 0 Å². The summed E-state index contributed by atoms with van der Waals surface area (Å²) in [5, 5.41) is 9.01. The summed E-state index contributed by atoms with van der Waals surface area (Å²) in [5.74, 6) is -0.932. The first kappa shape index (κ1) is 16.5. The molecule has 0 radical (unpaired) electrons. The van der Waals surface area contributed by atoms with Gasteiger partial charge < -0.3 is 14.6 Å². The minimum atomic E-state index is -4.59. The minimum Gasteiger partial charge on any atom is -0.454 e. The second-order valence-corrected chi connectivity index (χ2v) is 4.43. The lowest BCUT2D eigenvalue weighted by molar-refractivity contribution is -0.148. The standard InChI is InChI=1S/C12H11F3N4O4/c1-7-4-9(18-23-7)16-10(20)6-22-11(21)5-19-3-2-8(17-19)12(13,14)15/h2-4H,5-6H2,1H3,(H,16,18,20). The van der Waals surface area contributed by atoms with Gasteiger partial charge in [-0.05, 0) is 13.0 Å². The number of rotatable bonds is 5. The summed E-state index contributed by atoms with van der Waals surface area (Å²) in [6, 6.07) is 2.19. The molecule has 2 heterocycles. The summed E-state index contributed by atoms with van der Waals surface area (Å²) in [4.78, 5) is 22.9. The van der Waals surface area contributed by atoms with E-state index in [1.54, 1.807) is 6.92 Å². The van der Waals surface area contributed by atoms with Crippen LogP contribution in [0, 0.1) is 6.92 Å². The molecule has 0 saturated heterocycles. The molecule has 1 amide bonds. The van der Waals surface area contributed by atoms with E-state index < -0.39 is 36.9 Å². The Morgan fingerprint density at radius 2 is 2.17 bits per heavy atom. The third-order valence-electron chi connectivity index (χ3n) is 2.48. The van der Waals surface area contributed by atoms with E-state index in [1.165, 1.54) is 6.07 Å². The highest BCUT2D eigenvalue weighted by Gasteiger charge is 2.33. The molecule has 1 N–H and O–H groups in total. The number of esters is 1. The number of aromatic nitrogens is 3. The van der Waals surface area contributed by atoms with E-state index in [-0.39, 0.29) is 5.82 Å². The number of carbonyl (C=O) groups is 2. The highest BCUT2D eigenvalue weighted by Crippen LogP contribution is 2.27. The number of amides is 1. The van der Waals surface area contributed by atoms with Crippen LogP contribution in [0.15, 0.2) is 22.9 Å². The molecule has 0 unspecified atom stereocenters. The van der Waals surface area contributed by atoms with Gasteiger partial charge in [0.25, 0.3) is 5.91 Å². The molecule has 0 aromatic carbocycles. The van der Waals surface area contributed by atoms with E-state index >= 15 is 0 Å². The smallest absolute Gasteiger partial charge is 0.435 e. The Hall–Kier alpha value is -2.85. The molecular weight excluding hydrogens is 321 g/mol. The predicted molar refractivity (Wildman–Crippen MR) is 68.1 cm³/mol. The van der Waals surface area contributed by atoms with Gasteiger partial charge in [0.15, 0.2) is 18.1 Å². The van der Waals surface area contributed by atoms with Crippen LogP contribution in [0.2, 0.25) is 0 Å². The van der Waals surface area contributed by atoms with Gasteiger partial charge in [-0.15, -0.1) is 0 Å². The van der Waals surface area contributed by atoms with Crippen molar-refractivity contribution in [2.75, 3.05) is 11.9 Å². The normalized spacial score (nSPS) is 11.3. The predicted octanol–water partition coefficient (Wildman–Crippen LogP) is 1.38. The third-order valence-corrected chi connectivity index (χ3v) is 2.48. The number of aryl methyl sites for hydroxylation is 1. The van der Waals surface area contributed by atoms with Crippen molar-refractivity contribution in [3.63, 3.8) is 0 Å². The van der Waals surface area contributed by atoms with Gasteiger partial charge >= 0.3 is 12.1 Å². The van der Waals surface area contributed by atoms with Gasteiger partial charge in [0.05, 0.1) is 0 Å². The summed E-state index contributed by atoms with van der Waals surface area (Å²) >= 11 is 0. The van der Waals surface area contributed by atoms with E-state index in [0.29, 0.717) is 5.76 Å². The van der Waals surface area contributed by atoms with Crippen molar-refractivity contribution in [3.05, 3.63) is 29.8 Å². The number of anilines is 1. The van der Waals surface area contributed by atoms with Crippen molar-refractivity contribution in [1.82, 2.24) is 14.9 Å². The molecule has 11 heteroatoms. The van der Waals surface area contributed by atoms with Crippen molar-refractivity contribution < 1.29 is 32.0 Å². The average Bonchev–Trinajstić information content (AvgIpc) is 3.05. The summed E-state index contributed by atoms with van der Waals surface area (Å²) in [6.45, 7) is 0.465. The maximum atomic E-state index is 12.3. The molecule has 124 valence electrons. The third kappa shape index (κ3) is 4.83. The van der Waals surface area contributed by atoms with Crippen molar-refractivity contribution in [2.24, 2.45) is 0 Å². The van der Waals surface area contributed by atoms with Crippen LogP contribution in [0.4, 0.5) is 19.0 Å². The zero-order valence-electron chi connectivity index (χ0n) is 11.8. The first-order valence-electron chi connectivity index (χ1n) is 6.23. The molecule has 0 fully saturated rings. The minimum absolute atomic E-state index is 0.158. The van der Waals surface area contributed by atoms with Crippen LogP contribution in [0.25, 0.3) is 0 Å². The van der Waals surface area contributed by atoms with Crippen LogP contribution in [0.5, 0.6) is 0 Å². The zero-order valence-corrected chi connectivity index (χ0v) is 11.8. The fourth-order valence-corrected chi connectivity index (χ4v) is 1.53. The lowest BCUT2D eigenvalue weighted by atomic mass is 10.4. The number of alkyl halides is 3. The second-order valence-electron chi connectivity index (χ2n) is 4.43. The highest BCUT2D eigenvalue weighted by atomic mass is 19.4. The molecular formula is C12H11F3N4O4. The van der Waals surface area contributed by atoms with Gasteiger partial charge in [0.1, 0.15) is 12.3 Å². The van der Waals surface area contributed by atoms with E-state index in [9.17, 15) is 22.8 Å². The van der Waals surface area contributed by atoms with E-state index in [4.69, 9.17) is 4.52 Å². The molecule has 0 aliphatic heterocycles. The molecule has 2 aromatic heterocycles. The number of nitrogens with zero attached hydrogens (tertiary/aromatic N) is 3. The topological polar surface area (TPSA) is 99.2 Å². The summed E-state index contributed by atoms with van der Waals surface area (Å²) < 4.78 is 47.2. The SMILES string of the molecule is Cc1cc(NC(=O)COC(=O)Cn2ccc(C(F)(F)F)n2)no1. The second kappa shape index (κ2) is 6.50. The number of hydrogen-bond acceptors (Lipinski definition) is 6. The number of hydrogen-bond donors (Lipinski definition) is 1. The van der Waals surface area contributed by atoms with Crippen molar-refractivity contribution in [2.45, 2.75) is 19.6 Å². The van der Waals surface area contributed by atoms with E-state index in [2.05, 4.69) is 20.3 Å².